The maximum atomic E-state index is 11.9. The molecule has 6 heteroatoms. The van der Waals surface area contributed by atoms with E-state index in [1.165, 1.54) is 24.3 Å². The zero-order valence-electron chi connectivity index (χ0n) is 10.3. The number of nitro groups is 1. The van der Waals surface area contributed by atoms with E-state index in [0.29, 0.717) is 31.2 Å². The molecule has 0 saturated heterocycles. The molecule has 1 aromatic rings. The number of carbonyl (C=O) groups is 2. The lowest BCUT2D eigenvalue weighted by atomic mass is 9.94. The van der Waals surface area contributed by atoms with Gasteiger partial charge in [-0.05, 0) is 25.0 Å². The molecule has 1 saturated carbocycles. The van der Waals surface area contributed by atoms with Gasteiger partial charge in [-0.2, -0.15) is 0 Å². The fraction of sp³-hybridized carbons (Fsp3) is 0.385. The Balaban J connectivity index is 1.96. The number of nitro benzene ring substituents is 1. The van der Waals surface area contributed by atoms with E-state index in [4.69, 9.17) is 0 Å². The van der Waals surface area contributed by atoms with Gasteiger partial charge in [-0.1, -0.05) is 0 Å². The highest BCUT2D eigenvalue weighted by Gasteiger charge is 2.20. The standard InChI is InChI=1S/C13H14N2O4/c16-12-7-3-10(4-8-12)14-13(17)9-1-5-11(6-2-9)15(18)19/h1-2,5-6,10H,3-4,7-8H2,(H,14,17). The summed E-state index contributed by atoms with van der Waals surface area (Å²) in [5.74, 6) is -0.0184. The Morgan fingerprint density at radius 3 is 2.32 bits per heavy atom. The second kappa shape index (κ2) is 5.60. The Morgan fingerprint density at radius 1 is 1.21 bits per heavy atom. The number of nitrogens with zero attached hydrogens (tertiary/aromatic N) is 1. The van der Waals surface area contributed by atoms with Crippen molar-refractivity contribution in [3.8, 4) is 0 Å². The van der Waals surface area contributed by atoms with E-state index in [0.717, 1.165) is 0 Å². The van der Waals surface area contributed by atoms with Crippen LogP contribution < -0.4 is 5.32 Å². The first kappa shape index (κ1) is 13.2. The van der Waals surface area contributed by atoms with Gasteiger partial charge in [0, 0.05) is 36.6 Å². The highest BCUT2D eigenvalue weighted by atomic mass is 16.6. The molecule has 100 valence electrons. The molecule has 2 rings (SSSR count). The SMILES string of the molecule is O=C1CCC(NC(=O)c2ccc([N+](=O)[O-])cc2)CC1. The van der Waals surface area contributed by atoms with E-state index in [-0.39, 0.29) is 23.4 Å². The van der Waals surface area contributed by atoms with E-state index in [9.17, 15) is 19.7 Å². The van der Waals surface area contributed by atoms with Crippen molar-refractivity contribution in [1.82, 2.24) is 5.32 Å². The van der Waals surface area contributed by atoms with E-state index in [1.54, 1.807) is 0 Å². The zero-order chi connectivity index (χ0) is 13.8. The van der Waals surface area contributed by atoms with Crippen molar-refractivity contribution >= 4 is 17.4 Å². The van der Waals surface area contributed by atoms with Crippen LogP contribution in [0.15, 0.2) is 24.3 Å². The van der Waals surface area contributed by atoms with Crippen LogP contribution >= 0.6 is 0 Å². The van der Waals surface area contributed by atoms with Gasteiger partial charge >= 0.3 is 0 Å². The average molecular weight is 262 g/mol. The van der Waals surface area contributed by atoms with Gasteiger partial charge in [0.05, 0.1) is 4.92 Å². The maximum absolute atomic E-state index is 11.9. The molecule has 0 aromatic heterocycles. The third kappa shape index (κ3) is 3.37. The monoisotopic (exact) mass is 262 g/mol. The van der Waals surface area contributed by atoms with E-state index in [2.05, 4.69) is 5.32 Å². The number of carbonyl (C=O) groups excluding carboxylic acids is 2. The molecule has 19 heavy (non-hydrogen) atoms. The summed E-state index contributed by atoms with van der Waals surface area (Å²) in [6.07, 6.45) is 2.34. The summed E-state index contributed by atoms with van der Waals surface area (Å²) in [6, 6.07) is 5.49. The van der Waals surface area contributed by atoms with Gasteiger partial charge < -0.3 is 5.32 Å². The van der Waals surface area contributed by atoms with Gasteiger partial charge in [-0.25, -0.2) is 0 Å². The smallest absolute Gasteiger partial charge is 0.269 e. The van der Waals surface area contributed by atoms with Crippen LogP contribution in [-0.4, -0.2) is 22.7 Å². The van der Waals surface area contributed by atoms with Crippen molar-refractivity contribution in [3.05, 3.63) is 39.9 Å². The zero-order valence-corrected chi connectivity index (χ0v) is 10.3. The van der Waals surface area contributed by atoms with Gasteiger partial charge in [0.15, 0.2) is 0 Å². The minimum atomic E-state index is -0.506. The number of non-ortho nitro benzene ring substituents is 1. The van der Waals surface area contributed by atoms with Crippen LogP contribution in [0.4, 0.5) is 5.69 Å². The molecule has 0 unspecified atom stereocenters. The summed E-state index contributed by atoms with van der Waals surface area (Å²) in [4.78, 5) is 33.0. The number of hydrogen-bond donors (Lipinski definition) is 1. The number of benzene rings is 1. The first-order chi connectivity index (χ1) is 9.06. The van der Waals surface area contributed by atoms with Crippen molar-refractivity contribution in [2.24, 2.45) is 0 Å². The molecule has 0 radical (unpaired) electrons. The quantitative estimate of drug-likeness (QED) is 0.664. The highest BCUT2D eigenvalue weighted by Crippen LogP contribution is 2.16. The Morgan fingerprint density at radius 2 is 1.79 bits per heavy atom. The van der Waals surface area contributed by atoms with Gasteiger partial charge in [0.1, 0.15) is 5.78 Å². The molecule has 0 atom stereocenters. The van der Waals surface area contributed by atoms with Gasteiger partial charge in [0.2, 0.25) is 0 Å². The van der Waals surface area contributed by atoms with Crippen LogP contribution in [0.5, 0.6) is 0 Å². The molecule has 0 spiro atoms. The van der Waals surface area contributed by atoms with E-state index >= 15 is 0 Å². The normalized spacial score (nSPS) is 16.1. The molecular weight excluding hydrogens is 248 g/mol. The Hall–Kier alpha value is -2.24. The van der Waals surface area contributed by atoms with Crippen LogP contribution in [0, 0.1) is 10.1 Å². The Labute approximate surface area is 110 Å². The van der Waals surface area contributed by atoms with Crippen LogP contribution in [-0.2, 0) is 4.79 Å². The fourth-order valence-corrected chi connectivity index (χ4v) is 2.09. The third-order valence-electron chi connectivity index (χ3n) is 3.22. The van der Waals surface area contributed by atoms with Crippen molar-refractivity contribution in [3.63, 3.8) is 0 Å². The van der Waals surface area contributed by atoms with Gasteiger partial charge in [-0.3, -0.25) is 19.7 Å². The summed E-state index contributed by atoms with van der Waals surface area (Å²) in [5, 5.41) is 13.3. The van der Waals surface area contributed by atoms with Crippen LogP contribution in [0.1, 0.15) is 36.0 Å². The summed E-state index contributed by atoms with van der Waals surface area (Å²) in [5.41, 5.74) is 0.349. The largest absolute Gasteiger partial charge is 0.349 e. The molecule has 1 aliphatic carbocycles. The van der Waals surface area contributed by atoms with E-state index in [1.807, 2.05) is 0 Å². The van der Waals surface area contributed by atoms with Crippen LogP contribution in [0.3, 0.4) is 0 Å². The average Bonchev–Trinajstić information content (AvgIpc) is 2.41. The molecular formula is C13H14N2O4. The molecule has 0 bridgehead atoms. The molecule has 1 aliphatic rings. The molecule has 6 nitrogen and oxygen atoms in total. The van der Waals surface area contributed by atoms with Crippen LogP contribution in [0.2, 0.25) is 0 Å². The fourth-order valence-electron chi connectivity index (χ4n) is 2.09. The van der Waals surface area contributed by atoms with Crippen molar-refractivity contribution < 1.29 is 14.5 Å². The molecule has 1 fully saturated rings. The van der Waals surface area contributed by atoms with Crippen molar-refractivity contribution in [1.29, 1.82) is 0 Å². The topological polar surface area (TPSA) is 89.3 Å². The molecule has 1 N–H and O–H groups in total. The lowest BCUT2D eigenvalue weighted by Crippen LogP contribution is -2.37. The predicted octanol–water partition coefficient (Wildman–Crippen LogP) is 1.84. The summed E-state index contributed by atoms with van der Waals surface area (Å²) >= 11 is 0. The number of rotatable bonds is 3. The number of nitrogens with one attached hydrogen (secondary N) is 1. The number of hydrogen-bond acceptors (Lipinski definition) is 4. The molecule has 1 aromatic carbocycles. The Kier molecular flexibility index (Phi) is 3.89. The molecule has 0 heterocycles. The summed E-state index contributed by atoms with van der Waals surface area (Å²) in [6.45, 7) is 0. The summed E-state index contributed by atoms with van der Waals surface area (Å²) < 4.78 is 0. The highest BCUT2D eigenvalue weighted by molar-refractivity contribution is 5.94. The lowest BCUT2D eigenvalue weighted by molar-refractivity contribution is -0.384. The minimum absolute atomic E-state index is 0.0143. The third-order valence-corrected chi connectivity index (χ3v) is 3.22. The minimum Gasteiger partial charge on any atom is -0.349 e. The van der Waals surface area contributed by atoms with Crippen molar-refractivity contribution in [2.45, 2.75) is 31.7 Å². The van der Waals surface area contributed by atoms with Gasteiger partial charge in [-0.15, -0.1) is 0 Å². The van der Waals surface area contributed by atoms with E-state index < -0.39 is 4.92 Å². The number of Topliss-reactive ketones (excluding diaryl/α,β-unsaturated/α-hetero) is 1. The predicted molar refractivity (Wildman–Crippen MR) is 67.8 cm³/mol. The molecule has 0 aliphatic heterocycles. The first-order valence-electron chi connectivity index (χ1n) is 6.13. The maximum Gasteiger partial charge on any atom is 0.269 e. The summed E-state index contributed by atoms with van der Waals surface area (Å²) in [7, 11) is 0. The number of amides is 1. The second-order valence-corrected chi connectivity index (χ2v) is 4.59. The molecule has 1 amide bonds. The number of ketones is 1. The van der Waals surface area contributed by atoms with Crippen molar-refractivity contribution in [2.75, 3.05) is 0 Å². The second-order valence-electron chi connectivity index (χ2n) is 4.59. The van der Waals surface area contributed by atoms with Gasteiger partial charge in [0.25, 0.3) is 11.6 Å². The van der Waals surface area contributed by atoms with Crippen LogP contribution in [0.25, 0.3) is 0 Å². The first-order valence-corrected chi connectivity index (χ1v) is 6.13. The lowest BCUT2D eigenvalue weighted by Gasteiger charge is -2.22. The Bertz CT molecular complexity index is 500.